The second kappa shape index (κ2) is 6.77. The van der Waals surface area contributed by atoms with Gasteiger partial charge in [0.2, 0.25) is 0 Å². The number of halogens is 2. The van der Waals surface area contributed by atoms with Gasteiger partial charge in [-0.25, -0.2) is 14.1 Å². The molecule has 2 nitrogen and oxygen atoms in total. The van der Waals surface area contributed by atoms with Crippen LogP contribution in [0.2, 0.25) is 0 Å². The quantitative estimate of drug-likeness (QED) is 0.843. The van der Waals surface area contributed by atoms with Crippen LogP contribution in [0.5, 0.6) is 0 Å². The Bertz CT molecular complexity index is 628. The van der Waals surface area contributed by atoms with Crippen molar-refractivity contribution in [1.82, 2.24) is 10.2 Å². The molecule has 2 aromatic rings. The number of nitrogens with zero attached hydrogens (tertiary/aromatic N) is 2. The Morgan fingerprint density at radius 2 is 1.48 bits per heavy atom. The number of hydrogen-bond donors (Lipinski definition) is 0. The molecule has 4 heteroatoms. The van der Waals surface area contributed by atoms with Gasteiger partial charge in [0.1, 0.15) is 11.6 Å². The summed E-state index contributed by atoms with van der Waals surface area (Å²) in [4.78, 5) is 2.16. The minimum Gasteiger partial charge on any atom is -0.287 e. The summed E-state index contributed by atoms with van der Waals surface area (Å²) in [5.41, 5.74) is 1.03. The maximum absolute atomic E-state index is 14.5. The van der Waals surface area contributed by atoms with Gasteiger partial charge in [-0.1, -0.05) is 36.4 Å². The van der Waals surface area contributed by atoms with Crippen LogP contribution in [-0.2, 0) is 0 Å². The SMILES string of the molecule is CC1CN(C(c2ccccc2F)c2ccccc2F)C(C)C[N]1. The minimum atomic E-state index is -0.439. The van der Waals surface area contributed by atoms with Crippen molar-refractivity contribution in [2.45, 2.75) is 32.0 Å². The lowest BCUT2D eigenvalue weighted by Gasteiger charge is -2.42. The van der Waals surface area contributed by atoms with Gasteiger partial charge in [-0.2, -0.15) is 0 Å². The summed E-state index contributed by atoms with van der Waals surface area (Å²) < 4.78 is 28.9. The molecular weight excluding hydrogens is 294 g/mol. The molecule has 1 aliphatic rings. The first-order chi connectivity index (χ1) is 11.1. The summed E-state index contributed by atoms with van der Waals surface area (Å²) in [5.74, 6) is -0.605. The van der Waals surface area contributed by atoms with Crippen molar-refractivity contribution in [2.75, 3.05) is 13.1 Å². The van der Waals surface area contributed by atoms with Crippen LogP contribution >= 0.6 is 0 Å². The van der Waals surface area contributed by atoms with E-state index in [4.69, 9.17) is 0 Å². The molecule has 3 rings (SSSR count). The largest absolute Gasteiger partial charge is 0.287 e. The maximum atomic E-state index is 14.5. The van der Waals surface area contributed by atoms with E-state index in [0.29, 0.717) is 24.2 Å². The Morgan fingerprint density at radius 1 is 0.957 bits per heavy atom. The van der Waals surface area contributed by atoms with E-state index < -0.39 is 6.04 Å². The monoisotopic (exact) mass is 315 g/mol. The fourth-order valence-corrected chi connectivity index (χ4v) is 3.26. The van der Waals surface area contributed by atoms with E-state index in [1.165, 1.54) is 12.1 Å². The van der Waals surface area contributed by atoms with Crippen molar-refractivity contribution >= 4 is 0 Å². The van der Waals surface area contributed by atoms with Crippen LogP contribution in [0.25, 0.3) is 0 Å². The number of rotatable bonds is 3. The summed E-state index contributed by atoms with van der Waals surface area (Å²) in [6.07, 6.45) is 0. The molecule has 2 atom stereocenters. The van der Waals surface area contributed by atoms with E-state index in [1.54, 1.807) is 36.4 Å². The molecule has 2 aromatic carbocycles. The topological polar surface area (TPSA) is 17.3 Å². The number of piperazine rings is 1. The van der Waals surface area contributed by atoms with Crippen LogP contribution in [-0.4, -0.2) is 30.1 Å². The highest BCUT2D eigenvalue weighted by atomic mass is 19.1. The third-order valence-electron chi connectivity index (χ3n) is 4.45. The molecule has 0 aliphatic carbocycles. The van der Waals surface area contributed by atoms with E-state index >= 15 is 0 Å². The summed E-state index contributed by atoms with van der Waals surface area (Å²) in [6.45, 7) is 5.47. The van der Waals surface area contributed by atoms with Crippen LogP contribution in [0.4, 0.5) is 8.78 Å². The van der Waals surface area contributed by atoms with Crippen LogP contribution in [0.15, 0.2) is 48.5 Å². The zero-order valence-corrected chi connectivity index (χ0v) is 13.4. The van der Waals surface area contributed by atoms with Crippen molar-refractivity contribution in [3.63, 3.8) is 0 Å². The number of hydrogen-bond acceptors (Lipinski definition) is 1. The molecule has 1 fully saturated rings. The van der Waals surface area contributed by atoms with Crippen LogP contribution in [0.1, 0.15) is 31.0 Å². The molecule has 1 heterocycles. The first-order valence-corrected chi connectivity index (χ1v) is 7.99. The Morgan fingerprint density at radius 3 is 2.00 bits per heavy atom. The molecule has 2 unspecified atom stereocenters. The molecule has 0 spiro atoms. The maximum Gasteiger partial charge on any atom is 0.128 e. The molecule has 0 saturated carbocycles. The summed E-state index contributed by atoms with van der Waals surface area (Å²) in [5, 5.41) is 4.55. The second-order valence-electron chi connectivity index (χ2n) is 6.21. The van der Waals surface area contributed by atoms with Crippen molar-refractivity contribution in [1.29, 1.82) is 0 Å². The lowest BCUT2D eigenvalue weighted by atomic mass is 9.93. The molecule has 0 bridgehead atoms. The number of benzene rings is 2. The third kappa shape index (κ3) is 3.28. The molecule has 1 aliphatic heterocycles. The molecule has 0 N–H and O–H groups in total. The predicted octanol–water partition coefficient (Wildman–Crippen LogP) is 3.75. The van der Waals surface area contributed by atoms with Gasteiger partial charge >= 0.3 is 0 Å². The highest BCUT2D eigenvalue weighted by molar-refractivity contribution is 5.34. The van der Waals surface area contributed by atoms with Crippen LogP contribution < -0.4 is 5.32 Å². The Balaban J connectivity index is 2.11. The highest BCUT2D eigenvalue weighted by Gasteiger charge is 2.33. The van der Waals surface area contributed by atoms with Gasteiger partial charge in [0.15, 0.2) is 0 Å². The van der Waals surface area contributed by atoms with Crippen molar-refractivity contribution in [3.8, 4) is 0 Å². The fraction of sp³-hybridized carbons (Fsp3) is 0.368. The van der Waals surface area contributed by atoms with E-state index in [1.807, 2.05) is 6.92 Å². The summed E-state index contributed by atoms with van der Waals surface area (Å²) in [6, 6.07) is 13.1. The molecule has 23 heavy (non-hydrogen) atoms. The zero-order chi connectivity index (χ0) is 16.4. The Kier molecular flexibility index (Phi) is 4.74. The van der Waals surface area contributed by atoms with Gasteiger partial charge in [-0.15, -0.1) is 0 Å². The van der Waals surface area contributed by atoms with Gasteiger partial charge in [0.05, 0.1) is 6.04 Å². The average molecular weight is 315 g/mol. The van der Waals surface area contributed by atoms with Crippen LogP contribution in [0.3, 0.4) is 0 Å². The predicted molar refractivity (Wildman–Crippen MR) is 87.3 cm³/mol. The van der Waals surface area contributed by atoms with Gasteiger partial charge < -0.3 is 0 Å². The minimum absolute atomic E-state index is 0.135. The van der Waals surface area contributed by atoms with E-state index in [0.717, 1.165) is 0 Å². The third-order valence-corrected chi connectivity index (χ3v) is 4.45. The lowest BCUT2D eigenvalue weighted by molar-refractivity contribution is 0.107. The Labute approximate surface area is 136 Å². The molecule has 0 amide bonds. The highest BCUT2D eigenvalue weighted by Crippen LogP contribution is 2.34. The molecule has 121 valence electrons. The summed E-state index contributed by atoms with van der Waals surface area (Å²) >= 11 is 0. The van der Waals surface area contributed by atoms with E-state index in [-0.39, 0.29) is 23.7 Å². The first kappa shape index (κ1) is 16.1. The first-order valence-electron chi connectivity index (χ1n) is 7.99. The summed E-state index contributed by atoms with van der Waals surface area (Å²) in [7, 11) is 0. The van der Waals surface area contributed by atoms with Crippen LogP contribution in [0, 0.1) is 11.6 Å². The molecule has 1 saturated heterocycles. The van der Waals surface area contributed by atoms with Gasteiger partial charge in [0.25, 0.3) is 0 Å². The Hall–Kier alpha value is -1.78. The van der Waals surface area contributed by atoms with Crippen molar-refractivity contribution in [3.05, 3.63) is 71.3 Å². The standard InChI is InChI=1S/C19H21F2N2/c1-13-12-23(14(2)11-22-13)19(15-7-3-5-9-17(15)20)16-8-4-6-10-18(16)21/h3-10,13-14,19H,11-12H2,1-2H3. The van der Waals surface area contributed by atoms with Gasteiger partial charge in [-0.3, -0.25) is 4.90 Å². The average Bonchev–Trinajstić information content (AvgIpc) is 2.54. The normalized spacial score (nSPS) is 22.5. The molecule has 0 aromatic heterocycles. The van der Waals surface area contributed by atoms with Crippen molar-refractivity contribution in [2.24, 2.45) is 0 Å². The second-order valence-corrected chi connectivity index (χ2v) is 6.21. The van der Waals surface area contributed by atoms with E-state index in [9.17, 15) is 8.78 Å². The van der Waals surface area contributed by atoms with Crippen molar-refractivity contribution < 1.29 is 8.78 Å². The molecular formula is C19H21F2N2. The lowest BCUT2D eigenvalue weighted by Crippen LogP contribution is -2.52. The van der Waals surface area contributed by atoms with Gasteiger partial charge in [0, 0.05) is 36.3 Å². The van der Waals surface area contributed by atoms with E-state index in [2.05, 4.69) is 17.1 Å². The fourth-order valence-electron chi connectivity index (χ4n) is 3.26. The smallest absolute Gasteiger partial charge is 0.128 e. The molecule has 1 radical (unpaired) electrons. The van der Waals surface area contributed by atoms with Gasteiger partial charge in [-0.05, 0) is 26.0 Å². The zero-order valence-electron chi connectivity index (χ0n) is 13.4.